The molecule has 0 radical (unpaired) electrons. The SMILES string of the molecule is Cc1ccc(NC(=O)[C@@H](C(C)C)N2CCN(C)CC2)cc1C. The Morgan fingerprint density at radius 2 is 1.73 bits per heavy atom. The minimum atomic E-state index is -0.0599. The van der Waals surface area contributed by atoms with E-state index < -0.39 is 0 Å². The van der Waals surface area contributed by atoms with Crippen LogP contribution in [0.5, 0.6) is 0 Å². The first kappa shape index (κ1) is 17.0. The van der Waals surface area contributed by atoms with E-state index in [0.717, 1.165) is 31.9 Å². The predicted molar refractivity (Wildman–Crippen MR) is 92.2 cm³/mol. The third-order valence-electron chi connectivity index (χ3n) is 4.61. The van der Waals surface area contributed by atoms with Crippen LogP contribution in [0.2, 0.25) is 0 Å². The molecule has 122 valence electrons. The largest absolute Gasteiger partial charge is 0.325 e. The number of anilines is 1. The molecule has 1 heterocycles. The van der Waals surface area contributed by atoms with E-state index in [-0.39, 0.29) is 11.9 Å². The summed E-state index contributed by atoms with van der Waals surface area (Å²) in [7, 11) is 2.14. The van der Waals surface area contributed by atoms with Gasteiger partial charge in [-0.3, -0.25) is 9.69 Å². The summed E-state index contributed by atoms with van der Waals surface area (Å²) in [6.07, 6.45) is 0. The molecule has 4 nitrogen and oxygen atoms in total. The number of nitrogens with one attached hydrogen (secondary N) is 1. The number of piperazine rings is 1. The topological polar surface area (TPSA) is 35.6 Å². The highest BCUT2D eigenvalue weighted by atomic mass is 16.2. The van der Waals surface area contributed by atoms with Crippen LogP contribution in [0.25, 0.3) is 0 Å². The fourth-order valence-corrected chi connectivity index (χ4v) is 3.03. The van der Waals surface area contributed by atoms with Crippen molar-refractivity contribution in [3.05, 3.63) is 29.3 Å². The van der Waals surface area contributed by atoms with E-state index in [1.165, 1.54) is 11.1 Å². The lowest BCUT2D eigenvalue weighted by Crippen LogP contribution is -2.54. The number of benzene rings is 1. The molecule has 4 heteroatoms. The van der Waals surface area contributed by atoms with E-state index >= 15 is 0 Å². The van der Waals surface area contributed by atoms with Crippen molar-refractivity contribution in [3.8, 4) is 0 Å². The van der Waals surface area contributed by atoms with Crippen molar-refractivity contribution in [2.75, 3.05) is 38.5 Å². The van der Waals surface area contributed by atoms with Gasteiger partial charge in [0.15, 0.2) is 0 Å². The quantitative estimate of drug-likeness (QED) is 0.928. The van der Waals surface area contributed by atoms with E-state index in [1.54, 1.807) is 0 Å². The van der Waals surface area contributed by atoms with Gasteiger partial charge in [-0.1, -0.05) is 19.9 Å². The molecule has 0 aliphatic carbocycles. The molecule has 22 heavy (non-hydrogen) atoms. The number of hydrogen-bond donors (Lipinski definition) is 1. The Hall–Kier alpha value is -1.39. The van der Waals surface area contributed by atoms with Crippen LogP contribution >= 0.6 is 0 Å². The summed E-state index contributed by atoms with van der Waals surface area (Å²) < 4.78 is 0. The lowest BCUT2D eigenvalue weighted by molar-refractivity contribution is -0.123. The maximum absolute atomic E-state index is 12.8. The molecule has 1 aliphatic heterocycles. The molecular weight excluding hydrogens is 274 g/mol. The van der Waals surface area contributed by atoms with Gasteiger partial charge in [0.1, 0.15) is 0 Å². The maximum atomic E-state index is 12.8. The van der Waals surface area contributed by atoms with Crippen LogP contribution < -0.4 is 5.32 Å². The second-order valence-electron chi connectivity index (χ2n) is 6.82. The lowest BCUT2D eigenvalue weighted by Gasteiger charge is -2.38. The zero-order valence-electron chi connectivity index (χ0n) is 14.5. The molecule has 1 saturated heterocycles. The molecule has 0 saturated carbocycles. The zero-order chi connectivity index (χ0) is 16.3. The summed E-state index contributed by atoms with van der Waals surface area (Å²) in [5.41, 5.74) is 3.35. The van der Waals surface area contributed by atoms with Crippen molar-refractivity contribution >= 4 is 11.6 Å². The molecule has 0 aromatic heterocycles. The van der Waals surface area contributed by atoms with Gasteiger partial charge in [0.25, 0.3) is 0 Å². The first-order valence-electron chi connectivity index (χ1n) is 8.19. The van der Waals surface area contributed by atoms with Gasteiger partial charge in [-0.15, -0.1) is 0 Å². The average molecular weight is 303 g/mol. The maximum Gasteiger partial charge on any atom is 0.241 e. The summed E-state index contributed by atoms with van der Waals surface area (Å²) >= 11 is 0. The Labute approximate surface area is 134 Å². The molecular formula is C18H29N3O. The van der Waals surface area contributed by atoms with E-state index in [1.807, 2.05) is 6.07 Å². The smallest absolute Gasteiger partial charge is 0.241 e. The number of hydrogen-bond acceptors (Lipinski definition) is 3. The molecule has 1 aliphatic rings. The molecule has 1 amide bonds. The number of nitrogens with zero attached hydrogens (tertiary/aromatic N) is 2. The van der Waals surface area contributed by atoms with Crippen LogP contribution in [-0.2, 0) is 4.79 Å². The highest BCUT2D eigenvalue weighted by Gasteiger charge is 2.30. The minimum Gasteiger partial charge on any atom is -0.325 e. The average Bonchev–Trinajstić information content (AvgIpc) is 2.45. The third-order valence-corrected chi connectivity index (χ3v) is 4.61. The van der Waals surface area contributed by atoms with Gasteiger partial charge >= 0.3 is 0 Å². The number of carbonyl (C=O) groups excluding carboxylic acids is 1. The summed E-state index contributed by atoms with van der Waals surface area (Å²) in [4.78, 5) is 17.4. The molecule has 1 aromatic carbocycles. The Kier molecular flexibility index (Phi) is 5.59. The monoisotopic (exact) mass is 303 g/mol. The van der Waals surface area contributed by atoms with Crippen molar-refractivity contribution < 1.29 is 4.79 Å². The van der Waals surface area contributed by atoms with Crippen molar-refractivity contribution in [1.29, 1.82) is 0 Å². The van der Waals surface area contributed by atoms with Gasteiger partial charge < -0.3 is 10.2 Å². The van der Waals surface area contributed by atoms with Crippen LogP contribution in [0.1, 0.15) is 25.0 Å². The summed E-state index contributed by atoms with van der Waals surface area (Å²) in [5.74, 6) is 0.415. The first-order chi connectivity index (χ1) is 10.4. The van der Waals surface area contributed by atoms with Gasteiger partial charge in [-0.2, -0.15) is 0 Å². The molecule has 2 rings (SSSR count). The second-order valence-corrected chi connectivity index (χ2v) is 6.82. The highest BCUT2D eigenvalue weighted by Crippen LogP contribution is 2.18. The van der Waals surface area contributed by atoms with Gasteiger partial charge in [-0.25, -0.2) is 0 Å². The van der Waals surface area contributed by atoms with Crippen molar-refractivity contribution in [3.63, 3.8) is 0 Å². The second kappa shape index (κ2) is 7.25. The standard InChI is InChI=1S/C18H29N3O/c1-13(2)17(21-10-8-20(5)9-11-21)18(22)19-16-7-6-14(3)15(4)12-16/h6-7,12-13,17H,8-11H2,1-5H3,(H,19,22)/t17-/m1/s1. The molecule has 1 aromatic rings. The Bertz CT molecular complexity index is 519. The fraction of sp³-hybridized carbons (Fsp3) is 0.611. The van der Waals surface area contributed by atoms with E-state index in [9.17, 15) is 4.79 Å². The molecule has 1 N–H and O–H groups in total. The third kappa shape index (κ3) is 4.08. The Morgan fingerprint density at radius 3 is 2.27 bits per heavy atom. The Balaban J connectivity index is 2.07. The molecule has 0 unspecified atom stereocenters. The van der Waals surface area contributed by atoms with E-state index in [0.29, 0.717) is 5.92 Å². The number of carbonyl (C=O) groups is 1. The molecule has 1 fully saturated rings. The van der Waals surface area contributed by atoms with Gasteiger partial charge in [0, 0.05) is 31.9 Å². The number of rotatable bonds is 4. The van der Waals surface area contributed by atoms with Gasteiger partial charge in [0.05, 0.1) is 6.04 Å². The Morgan fingerprint density at radius 1 is 1.09 bits per heavy atom. The number of aryl methyl sites for hydroxylation is 2. The van der Waals surface area contributed by atoms with Gasteiger partial charge in [0.2, 0.25) is 5.91 Å². The minimum absolute atomic E-state index is 0.0599. The van der Waals surface area contributed by atoms with Crippen molar-refractivity contribution in [2.24, 2.45) is 5.92 Å². The zero-order valence-corrected chi connectivity index (χ0v) is 14.5. The van der Waals surface area contributed by atoms with Crippen LogP contribution in [0.15, 0.2) is 18.2 Å². The summed E-state index contributed by atoms with van der Waals surface area (Å²) in [5, 5.41) is 3.11. The van der Waals surface area contributed by atoms with Crippen LogP contribution in [-0.4, -0.2) is 55.0 Å². The lowest BCUT2D eigenvalue weighted by atomic mass is 10.00. The molecule has 1 atom stereocenters. The summed E-state index contributed by atoms with van der Waals surface area (Å²) in [6, 6.07) is 6.04. The first-order valence-corrected chi connectivity index (χ1v) is 8.19. The molecule has 0 spiro atoms. The molecule has 0 bridgehead atoms. The highest BCUT2D eigenvalue weighted by molar-refractivity contribution is 5.95. The predicted octanol–water partition coefficient (Wildman–Crippen LogP) is 2.51. The van der Waals surface area contributed by atoms with Crippen LogP contribution in [0.3, 0.4) is 0 Å². The fourth-order valence-electron chi connectivity index (χ4n) is 3.03. The van der Waals surface area contributed by atoms with Crippen LogP contribution in [0, 0.1) is 19.8 Å². The normalized spacial score (nSPS) is 18.5. The van der Waals surface area contributed by atoms with Crippen molar-refractivity contribution in [2.45, 2.75) is 33.7 Å². The van der Waals surface area contributed by atoms with E-state index in [4.69, 9.17) is 0 Å². The van der Waals surface area contributed by atoms with E-state index in [2.05, 4.69) is 62.0 Å². The van der Waals surface area contributed by atoms with Crippen molar-refractivity contribution in [1.82, 2.24) is 9.80 Å². The summed E-state index contributed by atoms with van der Waals surface area (Å²) in [6.45, 7) is 12.4. The number of likely N-dealkylation sites (N-methyl/N-ethyl adjacent to an activating group) is 1. The van der Waals surface area contributed by atoms with Crippen LogP contribution in [0.4, 0.5) is 5.69 Å². The van der Waals surface area contributed by atoms with Gasteiger partial charge in [-0.05, 0) is 50.1 Å². The number of amides is 1.